The molecule has 0 radical (unpaired) electrons. The highest BCUT2D eigenvalue weighted by molar-refractivity contribution is 6.06. The number of unbranched alkanes of at least 4 members (excludes halogenated alkanes) is 1. The van der Waals surface area contributed by atoms with E-state index in [9.17, 15) is 9.59 Å². The van der Waals surface area contributed by atoms with Gasteiger partial charge in [-0.15, -0.1) is 0 Å². The van der Waals surface area contributed by atoms with E-state index in [1.807, 2.05) is 42.5 Å². The number of ether oxygens (including phenoxy) is 1. The lowest BCUT2D eigenvalue weighted by Crippen LogP contribution is -2.16. The molecule has 2 amide bonds. The highest BCUT2D eigenvalue weighted by Gasteiger charge is 2.17. The molecule has 0 aliphatic rings. The monoisotopic (exact) mass is 474 g/mol. The highest BCUT2D eigenvalue weighted by atomic mass is 16.5. The Morgan fingerprint density at radius 3 is 2.57 bits per heavy atom. The van der Waals surface area contributed by atoms with Crippen molar-refractivity contribution in [2.45, 2.75) is 45.6 Å². The number of pyridine rings is 1. The van der Waals surface area contributed by atoms with Crippen molar-refractivity contribution in [3.63, 3.8) is 0 Å². The molecule has 2 aromatic carbocycles. The number of aromatic nitrogens is 3. The van der Waals surface area contributed by atoms with Crippen LogP contribution in [0.1, 0.15) is 44.0 Å². The lowest BCUT2D eigenvalue weighted by Gasteiger charge is -2.12. The van der Waals surface area contributed by atoms with Crippen LogP contribution in [0.25, 0.3) is 21.9 Å². The van der Waals surface area contributed by atoms with Crippen LogP contribution in [0.3, 0.4) is 0 Å². The van der Waals surface area contributed by atoms with Crippen LogP contribution in [0.4, 0.5) is 16.3 Å². The molecule has 0 aliphatic carbocycles. The minimum Gasteiger partial charge on any atom is -0.450 e. The van der Waals surface area contributed by atoms with Gasteiger partial charge in [0.05, 0.1) is 17.6 Å². The van der Waals surface area contributed by atoms with E-state index in [0.29, 0.717) is 24.5 Å². The number of amides is 2. The second-order valence-electron chi connectivity index (χ2n) is 8.45. The van der Waals surface area contributed by atoms with Crippen LogP contribution in [0, 0.1) is 0 Å². The first-order valence-electron chi connectivity index (χ1n) is 11.8. The molecule has 9 nitrogen and oxygen atoms in total. The van der Waals surface area contributed by atoms with E-state index < -0.39 is 6.09 Å². The summed E-state index contributed by atoms with van der Waals surface area (Å²) >= 11 is 0. The summed E-state index contributed by atoms with van der Waals surface area (Å²) in [5.74, 6) is 1.28. The number of hydrogen-bond acceptors (Lipinski definition) is 6. The number of fused-ring (bicyclic) bond motifs is 3. The van der Waals surface area contributed by atoms with Crippen LogP contribution in [-0.2, 0) is 22.5 Å². The number of nitrogen functional groups attached to an aromatic ring is 1. The fourth-order valence-corrected chi connectivity index (χ4v) is 4.11. The molecule has 0 bridgehead atoms. The molecular weight excluding hydrogens is 444 g/mol. The zero-order valence-electron chi connectivity index (χ0n) is 19.8. The summed E-state index contributed by atoms with van der Waals surface area (Å²) in [4.78, 5) is 32.2. The molecule has 4 aromatic rings. The number of aryl methyl sites for hydroxylation is 1. The third kappa shape index (κ3) is 5.68. The molecule has 4 rings (SSSR count). The summed E-state index contributed by atoms with van der Waals surface area (Å²) in [6.07, 6.45) is 2.76. The number of rotatable bonds is 10. The number of benzene rings is 2. The quantitative estimate of drug-likeness (QED) is 0.292. The Bertz CT molecular complexity index is 1350. The number of imidazole rings is 1. The van der Waals surface area contributed by atoms with Crippen molar-refractivity contribution in [3.8, 4) is 0 Å². The zero-order chi connectivity index (χ0) is 24.8. The van der Waals surface area contributed by atoms with Gasteiger partial charge in [-0.3, -0.25) is 4.79 Å². The molecule has 35 heavy (non-hydrogen) atoms. The van der Waals surface area contributed by atoms with Crippen LogP contribution in [0.15, 0.2) is 48.5 Å². The summed E-state index contributed by atoms with van der Waals surface area (Å²) in [7, 11) is 0. The van der Waals surface area contributed by atoms with Crippen molar-refractivity contribution in [1.82, 2.24) is 14.5 Å². The Kier molecular flexibility index (Phi) is 7.45. The normalized spacial score (nSPS) is 11.1. The van der Waals surface area contributed by atoms with Crippen molar-refractivity contribution >= 4 is 45.4 Å². The average Bonchev–Trinajstić information content (AvgIpc) is 3.20. The molecule has 0 fully saturated rings. The second kappa shape index (κ2) is 10.9. The zero-order valence-corrected chi connectivity index (χ0v) is 19.8. The number of nitrogens with two attached hydrogens (primary N) is 2. The van der Waals surface area contributed by atoms with Gasteiger partial charge in [-0.05, 0) is 36.6 Å². The molecular formula is C26H30N6O3. The third-order valence-electron chi connectivity index (χ3n) is 5.81. The maximum Gasteiger partial charge on any atom is 0.404 e. The Labute approximate surface area is 203 Å². The number of carbonyl (C=O) groups excluding carboxylic acids is 2. The fourth-order valence-electron chi connectivity index (χ4n) is 4.11. The van der Waals surface area contributed by atoms with Crippen molar-refractivity contribution in [2.24, 2.45) is 5.73 Å². The average molecular weight is 475 g/mol. The summed E-state index contributed by atoms with van der Waals surface area (Å²) in [6, 6.07) is 15.7. The standard InChI is InChI=1S/C26H30N6O3/c1-2-3-9-21-31-23-24(19-7-4-5-8-20(19)30-25(23)27)32(21)16-17-11-13-18(14-12-17)29-22(33)10-6-15-35-26(28)34/h4-5,7-8,11-14H,2-3,6,9-10,15-16H2,1H3,(H2,27,30)(H2,28,34)(H,29,33). The molecule has 0 aliphatic heterocycles. The molecule has 0 saturated carbocycles. The van der Waals surface area contributed by atoms with Crippen molar-refractivity contribution in [2.75, 3.05) is 17.7 Å². The minimum absolute atomic E-state index is 0.121. The Morgan fingerprint density at radius 2 is 1.83 bits per heavy atom. The van der Waals surface area contributed by atoms with Gasteiger partial charge in [-0.1, -0.05) is 43.7 Å². The van der Waals surface area contributed by atoms with Gasteiger partial charge in [0, 0.05) is 30.5 Å². The predicted octanol–water partition coefficient (Wildman–Crippen LogP) is 4.37. The van der Waals surface area contributed by atoms with Crippen LogP contribution in [-0.4, -0.2) is 33.1 Å². The van der Waals surface area contributed by atoms with E-state index in [1.54, 1.807) is 0 Å². The van der Waals surface area contributed by atoms with Gasteiger partial charge in [-0.2, -0.15) is 0 Å². The van der Waals surface area contributed by atoms with Gasteiger partial charge in [0.1, 0.15) is 11.3 Å². The van der Waals surface area contributed by atoms with E-state index >= 15 is 0 Å². The SMILES string of the molecule is CCCCc1nc2c(N)nc3ccccc3c2n1Cc1ccc(NC(=O)CCCOC(N)=O)cc1. The van der Waals surface area contributed by atoms with Gasteiger partial charge in [0.25, 0.3) is 0 Å². The molecule has 0 atom stereocenters. The Balaban J connectivity index is 1.56. The van der Waals surface area contributed by atoms with Crippen molar-refractivity contribution < 1.29 is 14.3 Å². The van der Waals surface area contributed by atoms with Crippen LogP contribution >= 0.6 is 0 Å². The highest BCUT2D eigenvalue weighted by Crippen LogP contribution is 2.30. The van der Waals surface area contributed by atoms with E-state index in [-0.39, 0.29) is 18.9 Å². The largest absolute Gasteiger partial charge is 0.450 e. The number of anilines is 2. The summed E-state index contributed by atoms with van der Waals surface area (Å²) in [6.45, 7) is 2.91. The Hall–Kier alpha value is -4.14. The van der Waals surface area contributed by atoms with Crippen LogP contribution in [0.5, 0.6) is 0 Å². The first-order chi connectivity index (χ1) is 17.0. The van der Waals surface area contributed by atoms with Crippen LogP contribution in [0.2, 0.25) is 0 Å². The van der Waals surface area contributed by atoms with E-state index in [1.165, 1.54) is 0 Å². The van der Waals surface area contributed by atoms with Crippen LogP contribution < -0.4 is 16.8 Å². The van der Waals surface area contributed by atoms with Crippen molar-refractivity contribution in [1.29, 1.82) is 0 Å². The van der Waals surface area contributed by atoms with Gasteiger partial charge in [0.15, 0.2) is 5.82 Å². The van der Waals surface area contributed by atoms with Gasteiger partial charge < -0.3 is 26.1 Å². The number of para-hydroxylation sites is 1. The molecule has 0 spiro atoms. The lowest BCUT2D eigenvalue weighted by atomic mass is 10.1. The van der Waals surface area contributed by atoms with E-state index in [2.05, 4.69) is 32.6 Å². The third-order valence-corrected chi connectivity index (χ3v) is 5.81. The maximum absolute atomic E-state index is 12.1. The number of nitrogens with one attached hydrogen (secondary N) is 1. The molecule has 2 aromatic heterocycles. The number of carbonyl (C=O) groups is 2. The maximum atomic E-state index is 12.1. The topological polar surface area (TPSA) is 138 Å². The predicted molar refractivity (Wildman–Crippen MR) is 137 cm³/mol. The van der Waals surface area contributed by atoms with Gasteiger partial charge in [-0.25, -0.2) is 14.8 Å². The minimum atomic E-state index is -0.837. The summed E-state index contributed by atoms with van der Waals surface area (Å²) in [5.41, 5.74) is 15.6. The Morgan fingerprint density at radius 1 is 1.06 bits per heavy atom. The first kappa shape index (κ1) is 24.0. The number of hydrogen-bond donors (Lipinski definition) is 3. The number of primary amides is 1. The molecule has 0 unspecified atom stereocenters. The first-order valence-corrected chi connectivity index (χ1v) is 11.8. The molecule has 182 valence electrons. The van der Waals surface area contributed by atoms with E-state index in [0.717, 1.165) is 52.6 Å². The van der Waals surface area contributed by atoms with Gasteiger partial charge >= 0.3 is 6.09 Å². The van der Waals surface area contributed by atoms with E-state index in [4.69, 9.17) is 16.5 Å². The number of nitrogens with zero attached hydrogens (tertiary/aromatic N) is 3. The molecule has 9 heteroatoms. The molecule has 5 N–H and O–H groups in total. The molecule has 2 heterocycles. The van der Waals surface area contributed by atoms with Crippen molar-refractivity contribution in [3.05, 3.63) is 59.9 Å². The summed E-state index contributed by atoms with van der Waals surface area (Å²) in [5, 5.41) is 3.89. The second-order valence-corrected chi connectivity index (χ2v) is 8.45. The molecule has 0 saturated heterocycles. The fraction of sp³-hybridized carbons (Fsp3) is 0.308. The summed E-state index contributed by atoms with van der Waals surface area (Å²) < 4.78 is 6.88. The van der Waals surface area contributed by atoms with Gasteiger partial charge in [0.2, 0.25) is 5.91 Å². The smallest absolute Gasteiger partial charge is 0.404 e. The lowest BCUT2D eigenvalue weighted by molar-refractivity contribution is -0.116.